The molecule has 0 saturated heterocycles. The van der Waals surface area contributed by atoms with Crippen molar-refractivity contribution >= 4 is 49.2 Å². The number of sulfonamides is 1. The maximum absolute atomic E-state index is 12.0. The molecule has 0 aliphatic rings. The Morgan fingerprint density at radius 2 is 1.88 bits per heavy atom. The molecular formula is C16H17BrN2O5S2. The number of esters is 1. The van der Waals surface area contributed by atoms with Gasteiger partial charge in [0.15, 0.2) is 6.10 Å². The number of rotatable bonds is 7. The predicted octanol–water partition coefficient (Wildman–Crippen LogP) is 2.06. The van der Waals surface area contributed by atoms with Crippen molar-refractivity contribution in [2.75, 3.05) is 6.54 Å². The standard InChI is InChI=1S/C16H17BrN2O5S2/c1-10(24-16(21)13-6-7-14(17)25-13)15(20)19-9-8-11-2-4-12(5-3-11)26(18,22)23/h2-7,10H,8-9H2,1H3,(H,19,20)(H2,18,22,23). The molecule has 1 heterocycles. The van der Waals surface area contributed by atoms with Crippen molar-refractivity contribution in [3.8, 4) is 0 Å². The quantitative estimate of drug-likeness (QED) is 0.613. The van der Waals surface area contributed by atoms with E-state index in [1.54, 1.807) is 24.3 Å². The van der Waals surface area contributed by atoms with E-state index in [2.05, 4.69) is 21.2 Å². The number of nitrogens with two attached hydrogens (primary N) is 1. The van der Waals surface area contributed by atoms with E-state index >= 15 is 0 Å². The summed E-state index contributed by atoms with van der Waals surface area (Å²) < 4.78 is 28.3. The summed E-state index contributed by atoms with van der Waals surface area (Å²) in [5.41, 5.74) is 0.839. The van der Waals surface area contributed by atoms with Crippen molar-refractivity contribution in [3.05, 3.63) is 50.6 Å². The number of halogens is 1. The van der Waals surface area contributed by atoms with Gasteiger partial charge in [-0.15, -0.1) is 11.3 Å². The number of primary sulfonamides is 1. The summed E-state index contributed by atoms with van der Waals surface area (Å²) in [6, 6.07) is 9.43. The first kappa shape index (κ1) is 20.6. The lowest BCUT2D eigenvalue weighted by Crippen LogP contribution is -2.36. The second-order valence-corrected chi connectivity index (χ2v) is 9.41. The Bertz CT molecular complexity index is 894. The number of hydrogen-bond donors (Lipinski definition) is 2. The van der Waals surface area contributed by atoms with Gasteiger partial charge in [0.1, 0.15) is 4.88 Å². The third-order valence-corrected chi connectivity index (χ3v) is 5.93. The zero-order valence-corrected chi connectivity index (χ0v) is 17.0. The molecule has 0 spiro atoms. The van der Waals surface area contributed by atoms with E-state index in [9.17, 15) is 18.0 Å². The van der Waals surface area contributed by atoms with Crippen LogP contribution in [0.25, 0.3) is 0 Å². The zero-order chi connectivity index (χ0) is 19.3. The molecule has 3 N–H and O–H groups in total. The van der Waals surface area contributed by atoms with Crippen LogP contribution in [-0.4, -0.2) is 32.9 Å². The van der Waals surface area contributed by atoms with Crippen LogP contribution >= 0.6 is 27.3 Å². The highest BCUT2D eigenvalue weighted by atomic mass is 79.9. The van der Waals surface area contributed by atoms with Gasteiger partial charge in [-0.2, -0.15) is 0 Å². The van der Waals surface area contributed by atoms with Gasteiger partial charge in [-0.05, 0) is 59.1 Å². The summed E-state index contributed by atoms with van der Waals surface area (Å²) in [6.07, 6.45) is -0.428. The van der Waals surface area contributed by atoms with Crippen LogP contribution < -0.4 is 10.5 Å². The summed E-state index contributed by atoms with van der Waals surface area (Å²) in [4.78, 5) is 24.4. The van der Waals surface area contributed by atoms with Gasteiger partial charge in [-0.3, -0.25) is 4.79 Å². The average molecular weight is 461 g/mol. The first-order chi connectivity index (χ1) is 12.2. The maximum atomic E-state index is 12.0. The van der Waals surface area contributed by atoms with E-state index in [1.165, 1.54) is 30.4 Å². The molecule has 10 heteroatoms. The van der Waals surface area contributed by atoms with Crippen molar-refractivity contribution in [1.82, 2.24) is 5.32 Å². The van der Waals surface area contributed by atoms with E-state index in [-0.39, 0.29) is 4.90 Å². The van der Waals surface area contributed by atoms with Gasteiger partial charge in [0.05, 0.1) is 8.68 Å². The summed E-state index contributed by atoms with van der Waals surface area (Å²) in [7, 11) is -3.72. The van der Waals surface area contributed by atoms with Crippen molar-refractivity contribution in [1.29, 1.82) is 0 Å². The largest absolute Gasteiger partial charge is 0.448 e. The number of carbonyl (C=O) groups is 2. The van der Waals surface area contributed by atoms with E-state index in [0.717, 1.165) is 9.35 Å². The second kappa shape index (κ2) is 8.76. The van der Waals surface area contributed by atoms with Crippen LogP contribution in [0.5, 0.6) is 0 Å². The smallest absolute Gasteiger partial charge is 0.349 e. The normalized spacial score (nSPS) is 12.4. The van der Waals surface area contributed by atoms with Gasteiger partial charge in [0.2, 0.25) is 10.0 Å². The summed E-state index contributed by atoms with van der Waals surface area (Å²) >= 11 is 4.48. The highest BCUT2D eigenvalue weighted by Gasteiger charge is 2.19. The molecule has 2 rings (SSSR count). The van der Waals surface area contributed by atoms with E-state index < -0.39 is 28.0 Å². The first-order valence-electron chi connectivity index (χ1n) is 7.52. The number of ether oxygens (including phenoxy) is 1. The van der Waals surface area contributed by atoms with Crippen molar-refractivity contribution in [2.45, 2.75) is 24.3 Å². The van der Waals surface area contributed by atoms with E-state index in [4.69, 9.17) is 9.88 Å². The monoisotopic (exact) mass is 460 g/mol. The van der Waals surface area contributed by atoms with Crippen LogP contribution in [0, 0.1) is 0 Å². The fourth-order valence-corrected chi connectivity index (χ4v) is 3.80. The Balaban J connectivity index is 1.80. The molecule has 0 bridgehead atoms. The number of carbonyl (C=O) groups excluding carboxylic acids is 2. The first-order valence-corrected chi connectivity index (χ1v) is 10.7. The fourth-order valence-electron chi connectivity index (χ4n) is 2.02. The lowest BCUT2D eigenvalue weighted by molar-refractivity contribution is -0.129. The van der Waals surface area contributed by atoms with Crippen LogP contribution in [-0.2, 0) is 26.0 Å². The third kappa shape index (κ3) is 5.90. The van der Waals surface area contributed by atoms with Crippen molar-refractivity contribution < 1.29 is 22.7 Å². The second-order valence-electron chi connectivity index (χ2n) is 5.38. The number of nitrogens with one attached hydrogen (secondary N) is 1. The van der Waals surface area contributed by atoms with E-state index in [0.29, 0.717) is 17.8 Å². The minimum Gasteiger partial charge on any atom is -0.448 e. The molecule has 1 unspecified atom stereocenters. The van der Waals surface area contributed by atoms with Gasteiger partial charge in [0.25, 0.3) is 5.91 Å². The fraction of sp³-hybridized carbons (Fsp3) is 0.250. The molecule has 0 saturated carbocycles. The minimum absolute atomic E-state index is 0.0334. The van der Waals surface area contributed by atoms with Crippen LogP contribution in [0.15, 0.2) is 45.1 Å². The van der Waals surface area contributed by atoms with Crippen molar-refractivity contribution in [2.24, 2.45) is 5.14 Å². The molecule has 0 radical (unpaired) electrons. The molecule has 0 aliphatic heterocycles. The summed E-state index contributed by atoms with van der Waals surface area (Å²) in [5.74, 6) is -0.961. The average Bonchev–Trinajstić information content (AvgIpc) is 3.01. The SMILES string of the molecule is CC(OC(=O)c1ccc(Br)s1)C(=O)NCCc1ccc(S(N)(=O)=O)cc1. The lowest BCUT2D eigenvalue weighted by atomic mass is 10.1. The molecule has 0 aliphatic carbocycles. The Kier molecular flexibility index (Phi) is 6.93. The number of amides is 1. The Morgan fingerprint density at radius 1 is 1.23 bits per heavy atom. The molecule has 0 fully saturated rings. The van der Waals surface area contributed by atoms with Gasteiger partial charge >= 0.3 is 5.97 Å². The Morgan fingerprint density at radius 3 is 2.42 bits per heavy atom. The topological polar surface area (TPSA) is 116 Å². The third-order valence-electron chi connectivity index (χ3n) is 3.39. The van der Waals surface area contributed by atoms with Crippen LogP contribution in [0.2, 0.25) is 0 Å². The highest BCUT2D eigenvalue weighted by molar-refractivity contribution is 9.11. The lowest BCUT2D eigenvalue weighted by Gasteiger charge is -2.13. The van der Waals surface area contributed by atoms with Gasteiger partial charge in [-0.25, -0.2) is 18.4 Å². The molecule has 26 heavy (non-hydrogen) atoms. The number of thiophene rings is 1. The summed E-state index contributed by atoms with van der Waals surface area (Å²) in [5, 5.41) is 7.71. The number of hydrogen-bond acceptors (Lipinski definition) is 6. The zero-order valence-electron chi connectivity index (χ0n) is 13.8. The van der Waals surface area contributed by atoms with Gasteiger partial charge < -0.3 is 10.1 Å². The van der Waals surface area contributed by atoms with Crippen LogP contribution in [0.3, 0.4) is 0 Å². The van der Waals surface area contributed by atoms with Gasteiger partial charge in [-0.1, -0.05) is 12.1 Å². The Labute approximate surface area is 163 Å². The van der Waals surface area contributed by atoms with Crippen LogP contribution in [0.4, 0.5) is 0 Å². The molecule has 1 aromatic carbocycles. The molecular weight excluding hydrogens is 444 g/mol. The van der Waals surface area contributed by atoms with Crippen molar-refractivity contribution in [3.63, 3.8) is 0 Å². The molecule has 140 valence electrons. The minimum atomic E-state index is -3.72. The molecule has 2 aromatic rings. The molecule has 1 amide bonds. The maximum Gasteiger partial charge on any atom is 0.349 e. The predicted molar refractivity (Wildman–Crippen MR) is 101 cm³/mol. The summed E-state index contributed by atoms with van der Waals surface area (Å²) in [6.45, 7) is 1.82. The van der Waals surface area contributed by atoms with Crippen LogP contribution in [0.1, 0.15) is 22.2 Å². The molecule has 1 aromatic heterocycles. The number of benzene rings is 1. The van der Waals surface area contributed by atoms with E-state index in [1.807, 2.05) is 0 Å². The Hall–Kier alpha value is -1.75. The molecule has 7 nitrogen and oxygen atoms in total. The van der Waals surface area contributed by atoms with Gasteiger partial charge in [0, 0.05) is 6.54 Å². The molecule has 1 atom stereocenters. The highest BCUT2D eigenvalue weighted by Crippen LogP contribution is 2.23.